The summed E-state index contributed by atoms with van der Waals surface area (Å²) in [5.41, 5.74) is 1.20. The Balaban J connectivity index is 1.90. The summed E-state index contributed by atoms with van der Waals surface area (Å²) in [7, 11) is 3.07. The number of halogens is 2. The highest BCUT2D eigenvalue weighted by molar-refractivity contribution is 5.88. The monoisotopic (exact) mass is 534 g/mol. The van der Waals surface area contributed by atoms with Gasteiger partial charge >= 0.3 is 12.0 Å². The van der Waals surface area contributed by atoms with Crippen LogP contribution in [0.1, 0.15) is 61.1 Å². The van der Waals surface area contributed by atoms with E-state index < -0.39 is 42.3 Å². The topological polar surface area (TPSA) is 97.3 Å². The van der Waals surface area contributed by atoms with E-state index in [1.165, 1.54) is 12.0 Å². The van der Waals surface area contributed by atoms with E-state index in [0.717, 1.165) is 16.7 Å². The Morgan fingerprint density at radius 2 is 1.71 bits per heavy atom. The predicted molar refractivity (Wildman–Crippen MR) is 138 cm³/mol. The van der Waals surface area contributed by atoms with Gasteiger partial charge in [-0.05, 0) is 50.5 Å². The number of hydrogen-bond donors (Lipinski definition) is 2. The van der Waals surface area contributed by atoms with Crippen LogP contribution < -0.4 is 14.8 Å². The smallest absolute Gasteiger partial charge is 0.329 e. The molecule has 0 radical (unpaired) electrons. The van der Waals surface area contributed by atoms with Crippen LogP contribution in [0, 0.1) is 13.8 Å². The fourth-order valence-corrected chi connectivity index (χ4v) is 5.02. The first-order valence-electron chi connectivity index (χ1n) is 12.4. The maximum atomic E-state index is 13.7. The van der Waals surface area contributed by atoms with Crippen LogP contribution in [0.3, 0.4) is 0 Å². The molecule has 0 saturated heterocycles. The number of carbonyl (C=O) groups excluding carboxylic acids is 1. The summed E-state index contributed by atoms with van der Waals surface area (Å²) in [5, 5.41) is 12.0. The number of nitrogens with zero attached hydrogens (tertiary/aromatic N) is 1. The van der Waals surface area contributed by atoms with Crippen molar-refractivity contribution in [1.82, 2.24) is 10.2 Å². The third kappa shape index (κ3) is 6.01. The van der Waals surface area contributed by atoms with Crippen LogP contribution in [-0.2, 0) is 9.53 Å². The van der Waals surface area contributed by atoms with Crippen LogP contribution in [0.4, 0.5) is 13.6 Å². The van der Waals surface area contributed by atoms with E-state index in [1.54, 1.807) is 20.1 Å². The second-order valence-electron chi connectivity index (χ2n) is 9.77. The zero-order chi connectivity index (χ0) is 28.3. The molecule has 8 nitrogen and oxygen atoms in total. The maximum absolute atomic E-state index is 13.7. The molecule has 1 fully saturated rings. The fourth-order valence-electron chi connectivity index (χ4n) is 5.02. The maximum Gasteiger partial charge on any atom is 0.329 e. The van der Waals surface area contributed by atoms with Gasteiger partial charge in [0.2, 0.25) is 0 Å². The van der Waals surface area contributed by atoms with E-state index >= 15 is 0 Å². The molecule has 208 valence electrons. The number of rotatable bonds is 11. The lowest BCUT2D eigenvalue weighted by Crippen LogP contribution is -2.68. The zero-order valence-corrected chi connectivity index (χ0v) is 22.6. The third-order valence-electron chi connectivity index (χ3n) is 7.22. The Hall–Kier alpha value is -3.40. The second kappa shape index (κ2) is 11.6. The Morgan fingerprint density at radius 3 is 2.24 bits per heavy atom. The molecular weight excluding hydrogens is 498 g/mol. The van der Waals surface area contributed by atoms with Gasteiger partial charge in [0.25, 0.3) is 5.92 Å². The molecule has 3 rings (SSSR count). The van der Waals surface area contributed by atoms with Gasteiger partial charge in [-0.2, -0.15) is 0 Å². The Kier molecular flexibility index (Phi) is 8.86. The molecule has 0 heterocycles. The summed E-state index contributed by atoms with van der Waals surface area (Å²) < 4.78 is 44.5. The average molecular weight is 535 g/mol. The van der Waals surface area contributed by atoms with E-state index in [1.807, 2.05) is 51.1 Å². The summed E-state index contributed by atoms with van der Waals surface area (Å²) in [5.74, 6) is -3.48. The molecule has 2 N–H and O–H groups in total. The predicted octanol–water partition coefficient (Wildman–Crippen LogP) is 5.42. The van der Waals surface area contributed by atoms with Crippen molar-refractivity contribution in [2.45, 2.75) is 64.1 Å². The van der Waals surface area contributed by atoms with Gasteiger partial charge < -0.3 is 29.5 Å². The number of amides is 2. The Bertz CT molecular complexity index is 1150. The molecule has 10 heteroatoms. The van der Waals surface area contributed by atoms with Gasteiger partial charge in [0.15, 0.2) is 5.54 Å². The van der Waals surface area contributed by atoms with E-state index in [2.05, 4.69) is 5.32 Å². The minimum atomic E-state index is -3.15. The number of carboxylic acids is 1. The molecule has 2 aromatic rings. The minimum Gasteiger partial charge on any atom is -0.496 e. The van der Waals surface area contributed by atoms with Crippen molar-refractivity contribution < 1.29 is 37.7 Å². The molecular formula is C28H36F2N2O6. The Labute approximate surface area is 221 Å². The van der Waals surface area contributed by atoms with Gasteiger partial charge in [-0.3, -0.25) is 0 Å². The van der Waals surface area contributed by atoms with Crippen molar-refractivity contribution >= 4 is 12.0 Å². The van der Waals surface area contributed by atoms with Crippen molar-refractivity contribution in [1.29, 1.82) is 0 Å². The Morgan fingerprint density at radius 1 is 1.08 bits per heavy atom. The number of benzene rings is 2. The van der Waals surface area contributed by atoms with Crippen molar-refractivity contribution in [3.8, 4) is 11.5 Å². The largest absolute Gasteiger partial charge is 0.496 e. The highest BCUT2D eigenvalue weighted by atomic mass is 19.3. The summed E-state index contributed by atoms with van der Waals surface area (Å²) in [4.78, 5) is 26.8. The van der Waals surface area contributed by atoms with Crippen LogP contribution in [0.25, 0.3) is 0 Å². The number of methoxy groups -OCH3 is 2. The third-order valence-corrected chi connectivity index (χ3v) is 7.22. The lowest BCUT2D eigenvalue weighted by atomic mass is 9.73. The van der Waals surface area contributed by atoms with Crippen molar-refractivity contribution in [2.75, 3.05) is 27.4 Å². The average Bonchev–Trinajstić information content (AvgIpc) is 2.85. The molecule has 2 aromatic carbocycles. The van der Waals surface area contributed by atoms with Gasteiger partial charge in [0.05, 0.1) is 33.0 Å². The number of nitrogens with one attached hydrogen (secondary N) is 1. The van der Waals surface area contributed by atoms with Crippen molar-refractivity contribution in [3.05, 3.63) is 58.7 Å². The van der Waals surface area contributed by atoms with Crippen LogP contribution in [0.15, 0.2) is 36.4 Å². The first-order valence-corrected chi connectivity index (χ1v) is 12.4. The number of aliphatic carboxylic acids is 1. The standard InChI is InChI=1S/C28H36F2N2O6/c1-17-22(14-23(36-5)18(2)24(17)37-6)19(3)32(12-13-38-20(4)21-10-8-7-9-11-21)26(35)31-27(25(33)34)15-28(29,30)16-27/h7-11,14,19-20H,12-13,15-16H2,1-6H3,(H,31,35)(H,33,34)/t19?,20-/m0/s1. The summed E-state index contributed by atoms with van der Waals surface area (Å²) >= 11 is 0. The number of carboxylic acid groups (broad SMARTS) is 1. The molecule has 0 aromatic heterocycles. The van der Waals surface area contributed by atoms with Gasteiger partial charge in [-0.25, -0.2) is 18.4 Å². The lowest BCUT2D eigenvalue weighted by Gasteiger charge is -2.45. The molecule has 0 bridgehead atoms. The minimum absolute atomic E-state index is 0.0776. The highest BCUT2D eigenvalue weighted by Crippen LogP contribution is 2.46. The van der Waals surface area contributed by atoms with Gasteiger partial charge in [-0.1, -0.05) is 30.3 Å². The first-order chi connectivity index (χ1) is 17.9. The van der Waals surface area contributed by atoms with E-state index in [9.17, 15) is 23.5 Å². The highest BCUT2D eigenvalue weighted by Gasteiger charge is 2.62. The quantitative estimate of drug-likeness (QED) is 0.399. The summed E-state index contributed by atoms with van der Waals surface area (Å²) in [6.45, 7) is 7.58. The molecule has 38 heavy (non-hydrogen) atoms. The molecule has 1 saturated carbocycles. The number of carbonyl (C=O) groups is 2. The zero-order valence-electron chi connectivity index (χ0n) is 22.6. The van der Waals surface area contributed by atoms with Crippen molar-refractivity contribution in [3.63, 3.8) is 0 Å². The lowest BCUT2D eigenvalue weighted by molar-refractivity contribution is -0.175. The van der Waals surface area contributed by atoms with Crippen LogP contribution in [0.2, 0.25) is 0 Å². The van der Waals surface area contributed by atoms with Gasteiger partial charge in [-0.15, -0.1) is 0 Å². The molecule has 0 spiro atoms. The summed E-state index contributed by atoms with van der Waals surface area (Å²) in [6, 6.07) is 9.99. The molecule has 1 aliphatic rings. The van der Waals surface area contributed by atoms with E-state index in [-0.39, 0.29) is 19.3 Å². The summed E-state index contributed by atoms with van der Waals surface area (Å²) in [6.07, 6.45) is -2.18. The first kappa shape index (κ1) is 29.2. The molecule has 1 unspecified atom stereocenters. The number of alkyl halides is 2. The normalized spacial score (nSPS) is 17.1. The molecule has 2 amide bonds. The fraction of sp³-hybridized carbons (Fsp3) is 0.500. The molecule has 1 aliphatic carbocycles. The van der Waals surface area contributed by atoms with E-state index in [0.29, 0.717) is 17.1 Å². The number of urea groups is 1. The number of hydrogen-bond acceptors (Lipinski definition) is 5. The molecule has 2 atom stereocenters. The van der Waals surface area contributed by atoms with Crippen LogP contribution in [-0.4, -0.2) is 60.8 Å². The number of ether oxygens (including phenoxy) is 3. The SMILES string of the molecule is COc1cc(C(C)N(CCO[C@@H](C)c2ccccc2)C(=O)NC2(C(=O)O)CC(F)(F)C2)c(C)c(OC)c1C. The van der Waals surface area contributed by atoms with E-state index in [4.69, 9.17) is 14.2 Å². The van der Waals surface area contributed by atoms with Crippen LogP contribution >= 0.6 is 0 Å². The van der Waals surface area contributed by atoms with Gasteiger partial charge in [0, 0.05) is 24.9 Å². The van der Waals surface area contributed by atoms with Crippen molar-refractivity contribution in [2.24, 2.45) is 0 Å². The van der Waals surface area contributed by atoms with Gasteiger partial charge in [0.1, 0.15) is 11.5 Å². The molecule has 0 aliphatic heterocycles. The second-order valence-corrected chi connectivity index (χ2v) is 9.77. The van der Waals surface area contributed by atoms with Crippen LogP contribution in [0.5, 0.6) is 11.5 Å².